The topological polar surface area (TPSA) is 52.6 Å². The smallest absolute Gasteiger partial charge is 0.335 e. The summed E-state index contributed by atoms with van der Waals surface area (Å²) in [6.07, 6.45) is 1.34. The van der Waals surface area contributed by atoms with E-state index in [-0.39, 0.29) is 11.7 Å². The molecule has 0 aromatic carbocycles. The first kappa shape index (κ1) is 14.6. The van der Waals surface area contributed by atoms with Gasteiger partial charge < -0.3 is 9.47 Å². The predicted molar refractivity (Wildman–Crippen MR) is 67.8 cm³/mol. The lowest BCUT2D eigenvalue weighted by Gasteiger charge is -2.30. The minimum Gasteiger partial charge on any atom is -0.432 e. The van der Waals surface area contributed by atoms with Crippen molar-refractivity contribution in [2.24, 2.45) is 5.92 Å². The molecule has 1 rings (SSSR count). The van der Waals surface area contributed by atoms with Crippen molar-refractivity contribution in [1.82, 2.24) is 0 Å². The summed E-state index contributed by atoms with van der Waals surface area (Å²) in [7, 11) is 0. The molecule has 4 heteroatoms. The summed E-state index contributed by atoms with van der Waals surface area (Å²) in [6, 6.07) is 0. The fourth-order valence-corrected chi connectivity index (χ4v) is 1.76. The van der Waals surface area contributed by atoms with Crippen LogP contribution in [0.25, 0.3) is 0 Å². The maximum absolute atomic E-state index is 11.7. The Morgan fingerprint density at radius 1 is 1.28 bits per heavy atom. The minimum absolute atomic E-state index is 0.0122. The van der Waals surface area contributed by atoms with Gasteiger partial charge in [0.25, 0.3) is 0 Å². The van der Waals surface area contributed by atoms with E-state index in [1.807, 2.05) is 0 Å². The monoisotopic (exact) mass is 252 g/mol. The van der Waals surface area contributed by atoms with Crippen molar-refractivity contribution >= 4 is 11.8 Å². The van der Waals surface area contributed by atoms with Crippen molar-refractivity contribution in [1.29, 1.82) is 0 Å². The van der Waals surface area contributed by atoms with Crippen LogP contribution in [0.4, 0.5) is 0 Å². The second-order valence-electron chi connectivity index (χ2n) is 4.73. The Labute approximate surface area is 108 Å². The molecule has 0 N–H and O–H groups in total. The summed E-state index contributed by atoms with van der Waals surface area (Å²) in [5.41, 5.74) is 0.847. The lowest BCUT2D eigenvalue weighted by molar-refractivity contribution is -0.199. The molecule has 2 unspecified atom stereocenters. The Morgan fingerprint density at radius 3 is 2.50 bits per heavy atom. The number of rotatable bonds is 5. The van der Waals surface area contributed by atoms with Crippen molar-refractivity contribution in [2.45, 2.75) is 39.4 Å². The predicted octanol–water partition coefficient (Wildman–Crippen LogP) is 2.39. The highest BCUT2D eigenvalue weighted by Gasteiger charge is 2.31. The molecular weight excluding hydrogens is 232 g/mol. The molecule has 4 nitrogen and oxygen atoms in total. The molecule has 18 heavy (non-hydrogen) atoms. The summed E-state index contributed by atoms with van der Waals surface area (Å²) in [5, 5.41) is 0. The van der Waals surface area contributed by atoms with E-state index in [9.17, 15) is 9.59 Å². The van der Waals surface area contributed by atoms with Crippen LogP contribution >= 0.6 is 0 Å². The minimum atomic E-state index is -0.647. The van der Waals surface area contributed by atoms with Crippen LogP contribution in [0, 0.1) is 5.92 Å². The Morgan fingerprint density at radius 2 is 1.94 bits per heavy atom. The molecule has 0 bridgehead atoms. The molecular formula is C14H20O4. The Balaban J connectivity index is 2.62. The molecule has 1 heterocycles. The van der Waals surface area contributed by atoms with Gasteiger partial charge in [0.15, 0.2) is 5.78 Å². The molecule has 2 atom stereocenters. The van der Waals surface area contributed by atoms with Crippen LogP contribution in [-0.2, 0) is 19.1 Å². The third kappa shape index (κ3) is 4.11. The fraction of sp³-hybridized carbons (Fsp3) is 0.571. The Hall–Kier alpha value is -1.42. The van der Waals surface area contributed by atoms with Crippen LogP contribution in [0.5, 0.6) is 0 Å². The number of hydrogen-bond donors (Lipinski definition) is 0. The molecule has 1 saturated heterocycles. The first-order chi connectivity index (χ1) is 8.41. The van der Waals surface area contributed by atoms with E-state index in [0.717, 1.165) is 12.8 Å². The van der Waals surface area contributed by atoms with Crippen molar-refractivity contribution in [3.63, 3.8) is 0 Å². The largest absolute Gasteiger partial charge is 0.432 e. The quantitative estimate of drug-likeness (QED) is 0.557. The number of carbonyl (C=O) groups excluding carboxylic acids is 2. The van der Waals surface area contributed by atoms with Crippen LogP contribution in [0.15, 0.2) is 24.3 Å². The average Bonchev–Trinajstić information content (AvgIpc) is 2.31. The summed E-state index contributed by atoms with van der Waals surface area (Å²) in [4.78, 5) is 23.1. The van der Waals surface area contributed by atoms with Gasteiger partial charge in [0.05, 0.1) is 6.61 Å². The highest BCUT2D eigenvalue weighted by atomic mass is 16.7. The van der Waals surface area contributed by atoms with E-state index in [4.69, 9.17) is 9.47 Å². The molecule has 0 aromatic rings. The van der Waals surface area contributed by atoms with Gasteiger partial charge in [-0.15, -0.1) is 0 Å². The van der Waals surface area contributed by atoms with E-state index < -0.39 is 12.3 Å². The second kappa shape index (κ2) is 6.50. The van der Waals surface area contributed by atoms with Crippen LogP contribution in [0.3, 0.4) is 0 Å². The van der Waals surface area contributed by atoms with Gasteiger partial charge >= 0.3 is 5.97 Å². The molecule has 1 aliphatic heterocycles. The zero-order valence-corrected chi connectivity index (χ0v) is 11.0. The number of carbonyl (C=O) groups is 2. The van der Waals surface area contributed by atoms with Crippen molar-refractivity contribution in [2.75, 3.05) is 6.61 Å². The van der Waals surface area contributed by atoms with Gasteiger partial charge in [0, 0.05) is 17.9 Å². The van der Waals surface area contributed by atoms with Gasteiger partial charge in [0.1, 0.15) is 0 Å². The fourth-order valence-electron chi connectivity index (χ4n) is 1.76. The first-order valence-corrected chi connectivity index (χ1v) is 6.08. The number of hydrogen-bond acceptors (Lipinski definition) is 4. The lowest BCUT2D eigenvalue weighted by atomic mass is 9.93. The average molecular weight is 252 g/mol. The second-order valence-corrected chi connectivity index (χ2v) is 4.73. The van der Waals surface area contributed by atoms with Gasteiger partial charge in [-0.05, 0) is 32.3 Å². The van der Waals surface area contributed by atoms with Crippen molar-refractivity contribution in [3.8, 4) is 0 Å². The number of ketones is 1. The van der Waals surface area contributed by atoms with Crippen LogP contribution in [0.1, 0.15) is 33.1 Å². The molecule has 0 aliphatic carbocycles. The number of esters is 1. The van der Waals surface area contributed by atoms with E-state index >= 15 is 0 Å². The molecule has 1 aliphatic rings. The van der Waals surface area contributed by atoms with Gasteiger partial charge in [-0.3, -0.25) is 4.79 Å². The van der Waals surface area contributed by atoms with E-state index in [2.05, 4.69) is 13.2 Å². The lowest BCUT2D eigenvalue weighted by Crippen LogP contribution is -2.35. The highest BCUT2D eigenvalue weighted by Crippen LogP contribution is 2.26. The standard InChI is InChI=1S/C14H20O4/c1-9(2)12(15)8-11-6-5-7-17-14(11)18-13(16)10(3)4/h11,14H,1,3,5-8H2,2,4H3. The molecule has 0 saturated carbocycles. The van der Waals surface area contributed by atoms with Gasteiger partial charge in [-0.25, -0.2) is 4.79 Å². The van der Waals surface area contributed by atoms with Crippen LogP contribution < -0.4 is 0 Å². The van der Waals surface area contributed by atoms with E-state index in [1.165, 1.54) is 0 Å². The molecule has 0 radical (unpaired) electrons. The molecule has 0 spiro atoms. The Kier molecular flexibility index (Phi) is 5.28. The zero-order valence-electron chi connectivity index (χ0n) is 11.0. The molecule has 0 amide bonds. The van der Waals surface area contributed by atoms with E-state index in [0.29, 0.717) is 24.2 Å². The molecule has 1 fully saturated rings. The number of ether oxygens (including phenoxy) is 2. The van der Waals surface area contributed by atoms with Gasteiger partial charge in [0.2, 0.25) is 6.29 Å². The summed E-state index contributed by atoms with van der Waals surface area (Å²) < 4.78 is 10.6. The summed E-state index contributed by atoms with van der Waals surface area (Å²) in [5.74, 6) is -0.581. The molecule has 0 aromatic heterocycles. The highest BCUT2D eigenvalue weighted by molar-refractivity contribution is 5.94. The first-order valence-electron chi connectivity index (χ1n) is 6.08. The van der Waals surface area contributed by atoms with E-state index in [1.54, 1.807) is 13.8 Å². The van der Waals surface area contributed by atoms with Crippen LogP contribution in [0.2, 0.25) is 0 Å². The van der Waals surface area contributed by atoms with Crippen LogP contribution in [-0.4, -0.2) is 24.6 Å². The molecule has 100 valence electrons. The number of Topliss-reactive ketones (excluding diaryl/α,β-unsaturated/α-hetero) is 1. The van der Waals surface area contributed by atoms with Gasteiger partial charge in [-0.1, -0.05) is 13.2 Å². The third-order valence-electron chi connectivity index (χ3n) is 2.88. The normalized spacial score (nSPS) is 23.2. The van der Waals surface area contributed by atoms with Gasteiger partial charge in [-0.2, -0.15) is 0 Å². The maximum atomic E-state index is 11.7. The Bertz CT molecular complexity index is 334. The maximum Gasteiger partial charge on any atom is 0.335 e. The SMILES string of the molecule is C=C(C)C(=O)CC1CCCOC1OC(=O)C(=C)C. The van der Waals surface area contributed by atoms with Crippen molar-refractivity contribution < 1.29 is 19.1 Å². The zero-order chi connectivity index (χ0) is 13.7. The van der Waals surface area contributed by atoms with Crippen molar-refractivity contribution in [3.05, 3.63) is 24.3 Å². The summed E-state index contributed by atoms with van der Waals surface area (Å²) in [6.45, 7) is 11.0. The number of allylic oxidation sites excluding steroid dienone is 1. The third-order valence-corrected chi connectivity index (χ3v) is 2.88. The summed E-state index contributed by atoms with van der Waals surface area (Å²) >= 11 is 0.